The number of ether oxygens (including phenoxy) is 1. The van der Waals surface area contributed by atoms with Gasteiger partial charge in [0.1, 0.15) is 11.4 Å². The van der Waals surface area contributed by atoms with Crippen molar-refractivity contribution in [3.05, 3.63) is 29.3 Å². The van der Waals surface area contributed by atoms with Gasteiger partial charge in [-0.2, -0.15) is 34.4 Å². The molecule has 0 unspecified atom stereocenters. The molecule has 0 heterocycles. The number of alkyl halides is 4. The van der Waals surface area contributed by atoms with E-state index in [9.17, 15) is 44.0 Å². The summed E-state index contributed by atoms with van der Waals surface area (Å²) in [6.07, 6.45) is 0. The normalized spacial score (nSPS) is 13.4. The summed E-state index contributed by atoms with van der Waals surface area (Å²) < 4.78 is 111. The van der Waals surface area contributed by atoms with Crippen LogP contribution in [0.25, 0.3) is 0 Å². The van der Waals surface area contributed by atoms with E-state index in [1.165, 1.54) is 20.8 Å². The van der Waals surface area contributed by atoms with Crippen molar-refractivity contribution in [3.63, 3.8) is 0 Å². The number of esters is 1. The molecule has 0 aliphatic rings. The number of rotatable bonds is 8. The van der Waals surface area contributed by atoms with Crippen molar-refractivity contribution in [2.45, 2.75) is 43.1 Å². The molecule has 0 fully saturated rings. The molecule has 1 aromatic rings. The summed E-state index contributed by atoms with van der Waals surface area (Å²) in [5.41, 5.74) is -2.42. The van der Waals surface area contributed by atoms with Crippen molar-refractivity contribution in [3.8, 4) is 5.75 Å². The lowest BCUT2D eigenvalue weighted by atomic mass is 10.1. The zero-order valence-electron chi connectivity index (χ0n) is 16.7. The molecule has 0 saturated heterocycles. The molecule has 0 bridgehead atoms. The van der Waals surface area contributed by atoms with Gasteiger partial charge < -0.3 is 8.92 Å². The SMILES string of the molecule is CC(C)(C)OC(=O)c1cc(OS(=O)(=O)C(F)(F)S(=O)(=O)O)cc(C(=O)NSC(C)(F)F)c1. The van der Waals surface area contributed by atoms with E-state index in [0.717, 1.165) is 6.07 Å². The van der Waals surface area contributed by atoms with E-state index in [1.54, 1.807) is 4.72 Å². The second kappa shape index (κ2) is 9.03. The highest BCUT2D eigenvalue weighted by Crippen LogP contribution is 2.32. The maximum absolute atomic E-state index is 13.6. The zero-order valence-corrected chi connectivity index (χ0v) is 19.1. The first kappa shape index (κ1) is 27.9. The smallest absolute Gasteiger partial charge is 0.456 e. The molecule has 0 aromatic heterocycles. The minimum atomic E-state index is -6.49. The summed E-state index contributed by atoms with van der Waals surface area (Å²) in [4.78, 5) is 24.4. The van der Waals surface area contributed by atoms with Gasteiger partial charge in [-0.15, -0.1) is 0 Å². The maximum Gasteiger partial charge on any atom is 0.506 e. The predicted octanol–water partition coefficient (Wildman–Crippen LogP) is 2.78. The molecule has 17 heteroatoms. The van der Waals surface area contributed by atoms with E-state index in [0.29, 0.717) is 19.1 Å². The molecular weight excluding hydrogens is 510 g/mol. The summed E-state index contributed by atoms with van der Waals surface area (Å²) in [6, 6.07) is 1.73. The lowest BCUT2D eigenvalue weighted by Gasteiger charge is -2.20. The molecule has 32 heavy (non-hydrogen) atoms. The van der Waals surface area contributed by atoms with Gasteiger partial charge in [0.25, 0.3) is 5.91 Å². The van der Waals surface area contributed by atoms with Crippen molar-refractivity contribution in [2.75, 3.05) is 0 Å². The van der Waals surface area contributed by atoms with E-state index in [-0.39, 0.29) is 11.9 Å². The minimum Gasteiger partial charge on any atom is -0.456 e. The van der Waals surface area contributed by atoms with Crippen molar-refractivity contribution in [2.24, 2.45) is 0 Å². The van der Waals surface area contributed by atoms with Crippen molar-refractivity contribution in [1.29, 1.82) is 0 Å². The van der Waals surface area contributed by atoms with Gasteiger partial charge in [0.05, 0.1) is 5.56 Å². The Bertz CT molecular complexity index is 1110. The van der Waals surface area contributed by atoms with Crippen LogP contribution in [0.2, 0.25) is 0 Å². The summed E-state index contributed by atoms with van der Waals surface area (Å²) in [6.45, 7) is 4.76. The number of carbonyl (C=O) groups is 2. The van der Waals surface area contributed by atoms with Crippen LogP contribution < -0.4 is 8.91 Å². The quantitative estimate of drug-likeness (QED) is 0.170. The fourth-order valence-corrected chi connectivity index (χ4v) is 3.70. The van der Waals surface area contributed by atoms with Gasteiger partial charge >= 0.3 is 36.0 Å². The van der Waals surface area contributed by atoms with Gasteiger partial charge in [0.2, 0.25) is 0 Å². The number of carbonyl (C=O) groups excluding carboxylic acids is 2. The molecule has 2 N–H and O–H groups in total. The van der Waals surface area contributed by atoms with Crippen LogP contribution in [0.3, 0.4) is 0 Å². The summed E-state index contributed by atoms with van der Waals surface area (Å²) >= 11 is -0.353. The van der Waals surface area contributed by atoms with Crippen molar-refractivity contribution >= 4 is 44.1 Å². The molecule has 1 aromatic carbocycles. The van der Waals surface area contributed by atoms with Crippen LogP contribution in [0.1, 0.15) is 48.4 Å². The molecule has 182 valence electrons. The first-order valence-corrected chi connectivity index (χ1v) is 11.8. The first-order chi connectivity index (χ1) is 14.1. The molecule has 0 aliphatic carbocycles. The third-order valence-electron chi connectivity index (χ3n) is 2.92. The second-order valence-corrected chi connectivity index (χ2v) is 11.5. The highest BCUT2D eigenvalue weighted by atomic mass is 32.3. The Morgan fingerprint density at radius 3 is 1.91 bits per heavy atom. The molecule has 1 amide bonds. The molecule has 10 nitrogen and oxygen atoms in total. The summed E-state index contributed by atoms with van der Waals surface area (Å²) in [7, 11) is -12.9. The maximum atomic E-state index is 13.6. The van der Waals surface area contributed by atoms with Crippen LogP contribution in [-0.4, -0.2) is 48.7 Å². The Morgan fingerprint density at radius 2 is 1.47 bits per heavy atom. The largest absolute Gasteiger partial charge is 0.506 e. The highest BCUT2D eigenvalue weighted by molar-refractivity contribution is 8.05. The Kier molecular flexibility index (Phi) is 7.88. The highest BCUT2D eigenvalue weighted by Gasteiger charge is 2.60. The number of hydrogen-bond donors (Lipinski definition) is 2. The molecule has 0 atom stereocenters. The van der Waals surface area contributed by atoms with Crippen LogP contribution in [-0.2, 0) is 25.0 Å². The zero-order chi connectivity index (χ0) is 25.3. The van der Waals surface area contributed by atoms with Gasteiger partial charge in [-0.05, 0) is 39.0 Å². The van der Waals surface area contributed by atoms with Crippen LogP contribution in [0.4, 0.5) is 17.6 Å². The number of benzene rings is 1. The van der Waals surface area contributed by atoms with E-state index >= 15 is 0 Å². The molecule has 0 aliphatic heterocycles. The van der Waals surface area contributed by atoms with E-state index in [2.05, 4.69) is 4.18 Å². The van der Waals surface area contributed by atoms with Gasteiger partial charge in [-0.3, -0.25) is 14.1 Å². The fraction of sp³-hybridized carbons (Fsp3) is 0.467. The number of halogens is 4. The Balaban J connectivity index is 3.49. The second-order valence-electron chi connectivity index (χ2n) is 7.06. The molecule has 0 spiro atoms. The van der Waals surface area contributed by atoms with Gasteiger partial charge in [0, 0.05) is 24.4 Å². The fourth-order valence-electron chi connectivity index (χ4n) is 1.73. The summed E-state index contributed by atoms with van der Waals surface area (Å²) in [5.74, 6) is -3.68. The van der Waals surface area contributed by atoms with E-state index < -0.39 is 64.4 Å². The van der Waals surface area contributed by atoms with E-state index in [1.807, 2.05) is 0 Å². The average Bonchev–Trinajstić information content (AvgIpc) is 2.55. The minimum absolute atomic E-state index is 0.353. The Labute approximate surface area is 184 Å². The Morgan fingerprint density at radius 1 is 0.969 bits per heavy atom. The number of hydrogen-bond acceptors (Lipinski definition) is 9. The molecule has 1 rings (SSSR count). The Hall–Kier alpha value is -2.11. The standard InChI is InChI=1S/C15H17F4NO9S3/c1-13(2,3)28-12(22)9-5-8(11(21)20-30-14(4,16)17)6-10(7-9)29-32(26,27)15(18,19)31(23,24)25/h5-7H,1-4H3,(H,20,21)(H,23,24,25). The lowest BCUT2D eigenvalue weighted by Crippen LogP contribution is -2.40. The summed E-state index contributed by atoms with van der Waals surface area (Å²) in [5, 5.41) is -3.43. The van der Waals surface area contributed by atoms with Crippen LogP contribution in [0.15, 0.2) is 18.2 Å². The third-order valence-corrected chi connectivity index (χ3v) is 6.41. The van der Waals surface area contributed by atoms with Crippen LogP contribution in [0, 0.1) is 0 Å². The molecule has 0 radical (unpaired) electrons. The average molecular weight is 527 g/mol. The predicted molar refractivity (Wildman–Crippen MR) is 103 cm³/mol. The first-order valence-electron chi connectivity index (χ1n) is 8.09. The third kappa shape index (κ3) is 7.49. The van der Waals surface area contributed by atoms with Gasteiger partial charge in [-0.25, -0.2) is 4.79 Å². The van der Waals surface area contributed by atoms with Crippen molar-refractivity contribution < 1.29 is 57.5 Å². The van der Waals surface area contributed by atoms with E-state index in [4.69, 9.17) is 9.29 Å². The number of nitrogens with one attached hydrogen (secondary N) is 1. The van der Waals surface area contributed by atoms with Crippen molar-refractivity contribution in [1.82, 2.24) is 4.72 Å². The topological polar surface area (TPSA) is 153 Å². The van der Waals surface area contributed by atoms with Gasteiger partial charge in [0.15, 0.2) is 0 Å². The lowest BCUT2D eigenvalue weighted by molar-refractivity contribution is 0.00690. The molecule has 0 saturated carbocycles. The van der Waals surface area contributed by atoms with Gasteiger partial charge in [-0.1, -0.05) is 0 Å². The molecular formula is C15H17F4NO9S3. The number of amides is 1. The van der Waals surface area contributed by atoms with Crippen LogP contribution in [0.5, 0.6) is 5.75 Å². The van der Waals surface area contributed by atoms with Crippen LogP contribution >= 0.6 is 11.9 Å². The monoisotopic (exact) mass is 527 g/mol.